The SMILES string of the molecule is CCc1ccc(N[C@@H](C)C(=O)Nc2ccc(F)c(F)c2F)cc1. The Hall–Kier alpha value is -2.50. The third kappa shape index (κ3) is 4.03. The van der Waals surface area contributed by atoms with E-state index in [9.17, 15) is 18.0 Å². The van der Waals surface area contributed by atoms with Crippen LogP contribution in [0.3, 0.4) is 0 Å². The number of rotatable bonds is 5. The van der Waals surface area contributed by atoms with E-state index in [4.69, 9.17) is 0 Å². The van der Waals surface area contributed by atoms with Crippen molar-refractivity contribution in [3.8, 4) is 0 Å². The third-order valence-corrected chi connectivity index (χ3v) is 3.43. The molecular formula is C17H17F3N2O. The van der Waals surface area contributed by atoms with Crippen LogP contribution >= 0.6 is 0 Å². The summed E-state index contributed by atoms with van der Waals surface area (Å²) in [6, 6.07) is 8.59. The standard InChI is InChI=1S/C17H17F3N2O/c1-3-11-4-6-12(7-5-11)21-10(2)17(23)22-14-9-8-13(18)15(19)16(14)20/h4-10,21H,3H2,1-2H3,(H,22,23)/t10-/m0/s1. The molecule has 6 heteroatoms. The number of hydrogen-bond acceptors (Lipinski definition) is 2. The van der Waals surface area contributed by atoms with Crippen molar-refractivity contribution in [2.75, 3.05) is 10.6 Å². The van der Waals surface area contributed by atoms with Gasteiger partial charge in [-0.15, -0.1) is 0 Å². The Morgan fingerprint density at radius 3 is 2.30 bits per heavy atom. The van der Waals surface area contributed by atoms with E-state index in [1.807, 2.05) is 31.2 Å². The van der Waals surface area contributed by atoms with Gasteiger partial charge in [-0.25, -0.2) is 13.2 Å². The molecule has 0 bridgehead atoms. The smallest absolute Gasteiger partial charge is 0.246 e. The summed E-state index contributed by atoms with van der Waals surface area (Å²) in [5.74, 6) is -4.89. The van der Waals surface area contributed by atoms with Gasteiger partial charge in [0, 0.05) is 5.69 Å². The minimum atomic E-state index is -1.61. The normalized spacial score (nSPS) is 11.9. The topological polar surface area (TPSA) is 41.1 Å². The number of hydrogen-bond donors (Lipinski definition) is 2. The van der Waals surface area contributed by atoms with Crippen LogP contribution in [-0.2, 0) is 11.2 Å². The fourth-order valence-corrected chi connectivity index (χ4v) is 2.02. The number of benzene rings is 2. The molecule has 2 rings (SSSR count). The van der Waals surface area contributed by atoms with E-state index in [-0.39, 0.29) is 0 Å². The lowest BCUT2D eigenvalue weighted by atomic mass is 10.1. The van der Waals surface area contributed by atoms with E-state index in [0.29, 0.717) is 0 Å². The molecule has 1 amide bonds. The summed E-state index contributed by atoms with van der Waals surface area (Å²) in [6.07, 6.45) is 0.908. The molecule has 0 saturated heterocycles. The van der Waals surface area contributed by atoms with Gasteiger partial charge in [-0.3, -0.25) is 4.79 Å². The Morgan fingerprint density at radius 2 is 1.70 bits per heavy atom. The average molecular weight is 322 g/mol. The number of amides is 1. The second-order valence-electron chi connectivity index (χ2n) is 5.13. The fraction of sp³-hybridized carbons (Fsp3) is 0.235. The highest BCUT2D eigenvalue weighted by molar-refractivity contribution is 5.96. The zero-order valence-corrected chi connectivity index (χ0v) is 12.8. The summed E-state index contributed by atoms with van der Waals surface area (Å²) < 4.78 is 39.6. The van der Waals surface area contributed by atoms with Gasteiger partial charge < -0.3 is 10.6 Å². The second kappa shape index (κ2) is 7.17. The van der Waals surface area contributed by atoms with Crippen molar-refractivity contribution in [1.29, 1.82) is 0 Å². The minimum absolute atomic E-state index is 0.399. The van der Waals surface area contributed by atoms with Gasteiger partial charge in [-0.2, -0.15) is 0 Å². The van der Waals surface area contributed by atoms with Crippen LogP contribution in [0.1, 0.15) is 19.4 Å². The minimum Gasteiger partial charge on any atom is -0.374 e. The number of halogens is 3. The lowest BCUT2D eigenvalue weighted by Gasteiger charge is -2.16. The lowest BCUT2D eigenvalue weighted by molar-refractivity contribution is -0.116. The molecule has 0 fully saturated rings. The average Bonchev–Trinajstić information content (AvgIpc) is 2.56. The first-order chi connectivity index (χ1) is 10.9. The van der Waals surface area contributed by atoms with Crippen molar-refractivity contribution in [2.45, 2.75) is 26.3 Å². The van der Waals surface area contributed by atoms with Gasteiger partial charge in [0.05, 0.1) is 5.69 Å². The van der Waals surface area contributed by atoms with Crippen molar-refractivity contribution in [3.63, 3.8) is 0 Å². The summed E-state index contributed by atoms with van der Waals surface area (Å²) in [7, 11) is 0. The van der Waals surface area contributed by atoms with Crippen LogP contribution in [0, 0.1) is 17.5 Å². The van der Waals surface area contributed by atoms with Crippen LogP contribution in [-0.4, -0.2) is 11.9 Å². The van der Waals surface area contributed by atoms with Crippen molar-refractivity contribution in [1.82, 2.24) is 0 Å². The molecule has 3 nitrogen and oxygen atoms in total. The van der Waals surface area contributed by atoms with Crippen LogP contribution in [0.5, 0.6) is 0 Å². The molecule has 0 unspecified atom stereocenters. The maximum Gasteiger partial charge on any atom is 0.246 e. The van der Waals surface area contributed by atoms with E-state index in [2.05, 4.69) is 10.6 Å². The van der Waals surface area contributed by atoms with Gasteiger partial charge in [0.2, 0.25) is 5.91 Å². The van der Waals surface area contributed by atoms with E-state index in [1.165, 1.54) is 0 Å². The summed E-state index contributed by atoms with van der Waals surface area (Å²) in [5, 5.41) is 5.19. The quantitative estimate of drug-likeness (QED) is 0.814. The van der Waals surface area contributed by atoms with Gasteiger partial charge in [0.15, 0.2) is 17.5 Å². The van der Waals surface area contributed by atoms with Crippen LogP contribution in [0.2, 0.25) is 0 Å². The second-order valence-corrected chi connectivity index (χ2v) is 5.13. The molecule has 0 radical (unpaired) electrons. The van der Waals surface area contributed by atoms with Crippen molar-refractivity contribution < 1.29 is 18.0 Å². The molecular weight excluding hydrogens is 305 g/mol. The zero-order valence-electron chi connectivity index (χ0n) is 12.8. The first-order valence-electron chi connectivity index (χ1n) is 7.22. The van der Waals surface area contributed by atoms with E-state index in [0.717, 1.165) is 29.8 Å². The fourth-order valence-electron chi connectivity index (χ4n) is 2.02. The molecule has 23 heavy (non-hydrogen) atoms. The number of aryl methyl sites for hydroxylation is 1. The summed E-state index contributed by atoms with van der Waals surface area (Å²) in [6.45, 7) is 3.62. The number of anilines is 2. The predicted molar refractivity (Wildman–Crippen MR) is 83.9 cm³/mol. The molecule has 0 saturated carbocycles. The lowest BCUT2D eigenvalue weighted by Crippen LogP contribution is -2.32. The molecule has 0 heterocycles. The van der Waals surface area contributed by atoms with Gasteiger partial charge in [-0.05, 0) is 43.2 Å². The molecule has 0 aliphatic rings. The Bertz CT molecular complexity index is 702. The maximum absolute atomic E-state index is 13.5. The summed E-state index contributed by atoms with van der Waals surface area (Å²) in [5.41, 5.74) is 1.50. The Labute approximate surface area is 132 Å². The highest BCUT2D eigenvalue weighted by Crippen LogP contribution is 2.20. The van der Waals surface area contributed by atoms with E-state index < -0.39 is 35.1 Å². The molecule has 0 aromatic heterocycles. The Kier molecular flexibility index (Phi) is 5.26. The molecule has 2 aromatic rings. The van der Waals surface area contributed by atoms with E-state index >= 15 is 0 Å². The summed E-state index contributed by atoms with van der Waals surface area (Å²) >= 11 is 0. The predicted octanol–water partition coefficient (Wildman–Crippen LogP) is 4.11. The number of carbonyl (C=O) groups excluding carboxylic acids is 1. The number of carbonyl (C=O) groups is 1. The molecule has 0 spiro atoms. The maximum atomic E-state index is 13.5. The van der Waals surface area contributed by atoms with Gasteiger partial charge >= 0.3 is 0 Å². The van der Waals surface area contributed by atoms with Crippen LogP contribution in [0.4, 0.5) is 24.5 Å². The van der Waals surface area contributed by atoms with Crippen LogP contribution in [0.25, 0.3) is 0 Å². The van der Waals surface area contributed by atoms with Crippen molar-refractivity contribution >= 4 is 17.3 Å². The first-order valence-corrected chi connectivity index (χ1v) is 7.22. The Balaban J connectivity index is 2.03. The highest BCUT2D eigenvalue weighted by Gasteiger charge is 2.18. The van der Waals surface area contributed by atoms with Crippen LogP contribution < -0.4 is 10.6 Å². The largest absolute Gasteiger partial charge is 0.374 e. The van der Waals surface area contributed by atoms with Crippen molar-refractivity contribution in [2.24, 2.45) is 0 Å². The zero-order chi connectivity index (χ0) is 17.0. The molecule has 122 valence electrons. The number of nitrogens with one attached hydrogen (secondary N) is 2. The van der Waals surface area contributed by atoms with Crippen LogP contribution in [0.15, 0.2) is 36.4 Å². The summed E-state index contributed by atoms with van der Waals surface area (Å²) in [4.78, 5) is 12.0. The third-order valence-electron chi connectivity index (χ3n) is 3.43. The van der Waals surface area contributed by atoms with Gasteiger partial charge in [0.25, 0.3) is 0 Å². The Morgan fingerprint density at radius 1 is 1.04 bits per heavy atom. The van der Waals surface area contributed by atoms with Crippen molar-refractivity contribution in [3.05, 3.63) is 59.4 Å². The highest BCUT2D eigenvalue weighted by atomic mass is 19.2. The monoisotopic (exact) mass is 322 g/mol. The molecule has 1 atom stereocenters. The van der Waals surface area contributed by atoms with Gasteiger partial charge in [0.1, 0.15) is 6.04 Å². The first kappa shape index (κ1) is 16.9. The molecule has 2 aromatic carbocycles. The molecule has 0 aliphatic carbocycles. The van der Waals surface area contributed by atoms with E-state index in [1.54, 1.807) is 6.92 Å². The molecule has 2 N–H and O–H groups in total. The molecule has 0 aliphatic heterocycles. The van der Waals surface area contributed by atoms with Gasteiger partial charge in [-0.1, -0.05) is 19.1 Å².